The second-order valence-corrected chi connectivity index (χ2v) is 4.78. The fourth-order valence-corrected chi connectivity index (χ4v) is 2.40. The zero-order valence-corrected chi connectivity index (χ0v) is 11.0. The first-order valence-electron chi connectivity index (χ1n) is 6.25. The summed E-state index contributed by atoms with van der Waals surface area (Å²) in [6, 6.07) is 8.83. The number of aromatic nitrogens is 1. The first-order chi connectivity index (χ1) is 9.58. The normalized spacial score (nSPS) is 14.3. The Kier molecular flexibility index (Phi) is 2.75. The van der Waals surface area contributed by atoms with Crippen molar-refractivity contribution in [2.24, 2.45) is 0 Å². The number of amides is 2. The molecule has 100 valence electrons. The molecule has 0 unspecified atom stereocenters. The summed E-state index contributed by atoms with van der Waals surface area (Å²) in [6.07, 6.45) is 1.65. The van der Waals surface area contributed by atoms with Gasteiger partial charge in [0.05, 0.1) is 18.3 Å². The maximum atomic E-state index is 12.5. The van der Waals surface area contributed by atoms with Gasteiger partial charge in [0.2, 0.25) is 5.91 Å². The lowest BCUT2D eigenvalue weighted by molar-refractivity contribution is -0.117. The van der Waals surface area contributed by atoms with Crippen molar-refractivity contribution in [3.05, 3.63) is 53.2 Å². The van der Waals surface area contributed by atoms with E-state index in [1.165, 1.54) is 6.20 Å². The molecule has 1 aromatic carbocycles. The number of carbonyl (C=O) groups is 2. The van der Waals surface area contributed by atoms with Crippen molar-refractivity contribution >= 4 is 23.3 Å². The number of aryl methyl sites for hydroxylation is 1. The predicted octanol–water partition coefficient (Wildman–Crippen LogP) is 1.70. The van der Waals surface area contributed by atoms with Crippen LogP contribution in [0.3, 0.4) is 0 Å². The molecule has 2 aromatic rings. The molecule has 3 rings (SSSR count). The summed E-state index contributed by atoms with van der Waals surface area (Å²) < 4.78 is 0. The van der Waals surface area contributed by atoms with Crippen LogP contribution in [0.4, 0.5) is 11.5 Å². The van der Waals surface area contributed by atoms with Crippen molar-refractivity contribution in [1.82, 2.24) is 4.98 Å². The molecule has 0 fully saturated rings. The SMILES string of the molecule is Cc1cc(N)cnc1N1C(=O)Cc2ccccc2C1=O. The third-order valence-electron chi connectivity index (χ3n) is 3.33. The van der Waals surface area contributed by atoms with Crippen LogP contribution in [0.5, 0.6) is 0 Å². The van der Waals surface area contributed by atoms with Crippen molar-refractivity contribution < 1.29 is 9.59 Å². The monoisotopic (exact) mass is 267 g/mol. The number of nitrogen functional groups attached to an aromatic ring is 1. The fraction of sp³-hybridized carbons (Fsp3) is 0.133. The number of pyridine rings is 1. The van der Waals surface area contributed by atoms with Crippen LogP contribution in [-0.4, -0.2) is 16.8 Å². The molecule has 2 heterocycles. The Hall–Kier alpha value is -2.69. The Morgan fingerprint density at radius 1 is 1.25 bits per heavy atom. The molecule has 0 atom stereocenters. The van der Waals surface area contributed by atoms with Crippen LogP contribution in [0.15, 0.2) is 36.5 Å². The van der Waals surface area contributed by atoms with Crippen LogP contribution in [0.1, 0.15) is 21.5 Å². The van der Waals surface area contributed by atoms with Gasteiger partial charge in [0, 0.05) is 5.56 Å². The number of imide groups is 1. The lowest BCUT2D eigenvalue weighted by Crippen LogP contribution is -2.43. The molecule has 1 aliphatic rings. The maximum absolute atomic E-state index is 12.5. The summed E-state index contributed by atoms with van der Waals surface area (Å²) in [4.78, 5) is 30.0. The molecule has 0 saturated heterocycles. The summed E-state index contributed by atoms with van der Waals surface area (Å²) in [5.41, 5.74) is 8.16. The minimum Gasteiger partial charge on any atom is -0.397 e. The van der Waals surface area contributed by atoms with Gasteiger partial charge in [-0.1, -0.05) is 18.2 Å². The fourth-order valence-electron chi connectivity index (χ4n) is 2.40. The number of benzene rings is 1. The number of nitrogens with zero attached hydrogens (tertiary/aromatic N) is 2. The van der Waals surface area contributed by atoms with Gasteiger partial charge >= 0.3 is 0 Å². The average Bonchev–Trinajstić information content (AvgIpc) is 2.41. The lowest BCUT2D eigenvalue weighted by atomic mass is 9.98. The number of hydrogen-bond acceptors (Lipinski definition) is 4. The third kappa shape index (κ3) is 1.84. The molecule has 5 heteroatoms. The van der Waals surface area contributed by atoms with E-state index >= 15 is 0 Å². The molecule has 20 heavy (non-hydrogen) atoms. The van der Waals surface area contributed by atoms with E-state index < -0.39 is 0 Å². The largest absolute Gasteiger partial charge is 0.397 e. The van der Waals surface area contributed by atoms with E-state index in [2.05, 4.69) is 4.98 Å². The summed E-state index contributed by atoms with van der Waals surface area (Å²) in [5, 5.41) is 0. The molecule has 0 saturated carbocycles. The smallest absolute Gasteiger partial charge is 0.266 e. The van der Waals surface area contributed by atoms with Crippen molar-refractivity contribution in [2.75, 3.05) is 10.6 Å². The highest BCUT2D eigenvalue weighted by Crippen LogP contribution is 2.26. The molecular weight excluding hydrogens is 254 g/mol. The van der Waals surface area contributed by atoms with Gasteiger partial charge in [-0.25, -0.2) is 9.88 Å². The summed E-state index contributed by atoms with van der Waals surface area (Å²) in [5.74, 6) is -0.255. The first-order valence-corrected chi connectivity index (χ1v) is 6.25. The Labute approximate surface area is 116 Å². The zero-order valence-electron chi connectivity index (χ0n) is 11.0. The Balaban J connectivity index is 2.11. The Morgan fingerprint density at radius 3 is 2.75 bits per heavy atom. The van der Waals surface area contributed by atoms with E-state index in [0.717, 1.165) is 10.5 Å². The van der Waals surface area contributed by atoms with Crippen LogP contribution in [0.2, 0.25) is 0 Å². The zero-order chi connectivity index (χ0) is 14.3. The number of anilines is 2. The standard InChI is InChI=1S/C15H13N3O2/c1-9-6-11(16)8-17-14(9)18-13(19)7-10-4-2-3-5-12(10)15(18)20/h2-6,8H,7,16H2,1H3. The highest BCUT2D eigenvalue weighted by Gasteiger charge is 2.33. The summed E-state index contributed by atoms with van der Waals surface area (Å²) in [6.45, 7) is 1.78. The van der Waals surface area contributed by atoms with Gasteiger partial charge in [0.25, 0.3) is 5.91 Å². The molecule has 5 nitrogen and oxygen atoms in total. The third-order valence-corrected chi connectivity index (χ3v) is 3.33. The summed E-state index contributed by atoms with van der Waals surface area (Å²) in [7, 11) is 0. The van der Waals surface area contributed by atoms with Gasteiger partial charge in [-0.3, -0.25) is 9.59 Å². The molecule has 1 aromatic heterocycles. The van der Waals surface area contributed by atoms with Crippen molar-refractivity contribution in [2.45, 2.75) is 13.3 Å². The number of fused-ring (bicyclic) bond motifs is 1. The van der Waals surface area contributed by atoms with Gasteiger partial charge in [0.1, 0.15) is 5.82 Å². The minimum atomic E-state index is -0.336. The molecule has 2 N–H and O–H groups in total. The first kappa shape index (κ1) is 12.3. The van der Waals surface area contributed by atoms with Crippen molar-refractivity contribution in [3.8, 4) is 0 Å². The van der Waals surface area contributed by atoms with Gasteiger partial charge < -0.3 is 5.73 Å². The molecule has 0 bridgehead atoms. The Bertz CT molecular complexity index is 725. The topological polar surface area (TPSA) is 76.3 Å². The van der Waals surface area contributed by atoms with Gasteiger partial charge in [-0.05, 0) is 30.2 Å². The van der Waals surface area contributed by atoms with Crippen LogP contribution in [-0.2, 0) is 11.2 Å². The average molecular weight is 267 g/mol. The maximum Gasteiger partial charge on any atom is 0.266 e. The number of carbonyl (C=O) groups excluding carboxylic acids is 2. The van der Waals surface area contributed by atoms with E-state index in [9.17, 15) is 9.59 Å². The van der Waals surface area contributed by atoms with E-state index in [1.54, 1.807) is 31.2 Å². The van der Waals surface area contributed by atoms with Crippen LogP contribution < -0.4 is 10.6 Å². The van der Waals surface area contributed by atoms with Crippen LogP contribution in [0.25, 0.3) is 0 Å². The van der Waals surface area contributed by atoms with Crippen LogP contribution >= 0.6 is 0 Å². The second-order valence-electron chi connectivity index (χ2n) is 4.78. The van der Waals surface area contributed by atoms with E-state index in [-0.39, 0.29) is 18.2 Å². The minimum absolute atomic E-state index is 0.202. The number of hydrogen-bond donors (Lipinski definition) is 1. The molecule has 0 spiro atoms. The highest BCUT2D eigenvalue weighted by molar-refractivity contribution is 6.24. The van der Waals surface area contributed by atoms with Gasteiger partial charge in [-0.2, -0.15) is 0 Å². The van der Waals surface area contributed by atoms with Crippen molar-refractivity contribution in [1.29, 1.82) is 0 Å². The molecular formula is C15H13N3O2. The van der Waals surface area contributed by atoms with Gasteiger partial charge in [0.15, 0.2) is 0 Å². The van der Waals surface area contributed by atoms with E-state index in [4.69, 9.17) is 5.73 Å². The number of nitrogens with two attached hydrogens (primary N) is 1. The lowest BCUT2D eigenvalue weighted by Gasteiger charge is -2.27. The molecule has 2 amide bonds. The molecule has 0 radical (unpaired) electrons. The van der Waals surface area contributed by atoms with Crippen molar-refractivity contribution in [3.63, 3.8) is 0 Å². The number of rotatable bonds is 1. The Morgan fingerprint density at radius 2 is 2.00 bits per heavy atom. The highest BCUT2D eigenvalue weighted by atomic mass is 16.2. The predicted molar refractivity (Wildman–Crippen MR) is 75.3 cm³/mol. The van der Waals surface area contributed by atoms with E-state index in [1.807, 2.05) is 6.07 Å². The second kappa shape index (κ2) is 4.45. The molecule has 0 aliphatic carbocycles. The quantitative estimate of drug-likeness (QED) is 0.798. The molecule has 1 aliphatic heterocycles. The van der Waals surface area contributed by atoms with E-state index in [0.29, 0.717) is 22.6 Å². The van der Waals surface area contributed by atoms with Crippen LogP contribution in [0, 0.1) is 6.92 Å². The summed E-state index contributed by atoms with van der Waals surface area (Å²) >= 11 is 0. The van der Waals surface area contributed by atoms with Gasteiger partial charge in [-0.15, -0.1) is 0 Å².